The Labute approximate surface area is 146 Å². The van der Waals surface area contributed by atoms with E-state index in [-0.39, 0.29) is 12.0 Å². The second-order valence-corrected chi connectivity index (χ2v) is 6.26. The molecule has 2 aromatic carbocycles. The van der Waals surface area contributed by atoms with Gasteiger partial charge in [-0.05, 0) is 50.2 Å². The predicted octanol–water partition coefficient (Wildman–Crippen LogP) is 3.99. The summed E-state index contributed by atoms with van der Waals surface area (Å²) in [5, 5.41) is 3.52. The highest BCUT2D eigenvalue weighted by molar-refractivity contribution is 6.30. The lowest BCUT2D eigenvalue weighted by Gasteiger charge is -2.13. The van der Waals surface area contributed by atoms with Crippen molar-refractivity contribution in [3.8, 4) is 11.5 Å². The van der Waals surface area contributed by atoms with Crippen molar-refractivity contribution in [2.24, 2.45) is 0 Å². The van der Waals surface area contributed by atoms with E-state index in [0.717, 1.165) is 29.0 Å². The second-order valence-electron chi connectivity index (χ2n) is 5.82. The maximum atomic E-state index is 12.3. The third-order valence-electron chi connectivity index (χ3n) is 3.92. The van der Waals surface area contributed by atoms with Crippen LogP contribution in [0.15, 0.2) is 36.4 Å². The fourth-order valence-corrected chi connectivity index (χ4v) is 2.91. The van der Waals surface area contributed by atoms with Crippen molar-refractivity contribution >= 4 is 17.5 Å². The Morgan fingerprint density at radius 2 is 2.08 bits per heavy atom. The third-order valence-corrected chi connectivity index (χ3v) is 4.18. The first-order chi connectivity index (χ1) is 11.6. The van der Waals surface area contributed by atoms with Gasteiger partial charge >= 0.3 is 0 Å². The van der Waals surface area contributed by atoms with Crippen LogP contribution in [0, 0.1) is 0 Å². The van der Waals surface area contributed by atoms with Crippen molar-refractivity contribution in [3.05, 3.63) is 58.1 Å². The van der Waals surface area contributed by atoms with Crippen molar-refractivity contribution in [2.75, 3.05) is 6.61 Å². The van der Waals surface area contributed by atoms with Gasteiger partial charge in [-0.25, -0.2) is 0 Å². The average molecular weight is 346 g/mol. The van der Waals surface area contributed by atoms with Crippen molar-refractivity contribution in [1.29, 1.82) is 0 Å². The summed E-state index contributed by atoms with van der Waals surface area (Å²) in [6.07, 6.45) is 1.06. The highest BCUT2D eigenvalue weighted by atomic mass is 35.5. The molecule has 0 aliphatic carbocycles. The first-order valence-electron chi connectivity index (χ1n) is 8.06. The number of nitrogens with one attached hydrogen (secondary N) is 1. The zero-order chi connectivity index (χ0) is 17.1. The van der Waals surface area contributed by atoms with Crippen LogP contribution < -0.4 is 14.8 Å². The van der Waals surface area contributed by atoms with E-state index < -0.39 is 0 Å². The van der Waals surface area contributed by atoms with E-state index in [0.29, 0.717) is 23.7 Å². The molecule has 0 fully saturated rings. The van der Waals surface area contributed by atoms with Gasteiger partial charge in [0.05, 0.1) is 6.61 Å². The number of rotatable bonds is 5. The van der Waals surface area contributed by atoms with Crippen LogP contribution in [0.1, 0.15) is 35.3 Å². The molecule has 0 saturated carbocycles. The van der Waals surface area contributed by atoms with Crippen LogP contribution in [0.25, 0.3) is 0 Å². The Balaban J connectivity index is 1.75. The van der Waals surface area contributed by atoms with Crippen molar-refractivity contribution < 1.29 is 14.3 Å². The Morgan fingerprint density at radius 1 is 1.33 bits per heavy atom. The van der Waals surface area contributed by atoms with Crippen molar-refractivity contribution in [1.82, 2.24) is 5.32 Å². The molecule has 1 amide bonds. The van der Waals surface area contributed by atoms with Crippen LogP contribution in [0.4, 0.5) is 0 Å². The van der Waals surface area contributed by atoms with Gasteiger partial charge in [0.2, 0.25) is 0 Å². The smallest absolute Gasteiger partial charge is 0.251 e. The van der Waals surface area contributed by atoms with Gasteiger partial charge in [-0.2, -0.15) is 0 Å². The summed E-state index contributed by atoms with van der Waals surface area (Å²) >= 11 is 5.85. The Hall–Kier alpha value is -2.20. The largest absolute Gasteiger partial charge is 0.494 e. The number of carbonyl (C=O) groups excluding carboxylic acids is 1. The third kappa shape index (κ3) is 3.65. The number of amides is 1. The highest BCUT2D eigenvalue weighted by Gasteiger charge is 2.22. The number of ether oxygens (including phenoxy) is 2. The van der Waals surface area contributed by atoms with Gasteiger partial charge in [0.25, 0.3) is 5.91 Å². The van der Waals surface area contributed by atoms with E-state index in [4.69, 9.17) is 21.1 Å². The molecule has 1 unspecified atom stereocenters. The summed E-state index contributed by atoms with van der Waals surface area (Å²) in [6, 6.07) is 10.8. The molecule has 1 heterocycles. The van der Waals surface area contributed by atoms with Gasteiger partial charge < -0.3 is 14.8 Å². The number of halogens is 1. The van der Waals surface area contributed by atoms with Crippen LogP contribution >= 0.6 is 11.6 Å². The van der Waals surface area contributed by atoms with E-state index in [2.05, 4.69) is 5.32 Å². The summed E-state index contributed by atoms with van der Waals surface area (Å²) in [5.74, 6) is 1.52. The maximum absolute atomic E-state index is 12.3. The number of benzene rings is 2. The quantitative estimate of drug-likeness (QED) is 0.891. The summed E-state index contributed by atoms with van der Waals surface area (Å²) in [7, 11) is 0. The van der Waals surface area contributed by atoms with Crippen molar-refractivity contribution in [2.45, 2.75) is 32.9 Å². The molecular formula is C19H20ClNO3. The second kappa shape index (κ2) is 7.14. The minimum absolute atomic E-state index is 0.149. The fourth-order valence-electron chi connectivity index (χ4n) is 2.79. The molecule has 1 N–H and O–H groups in total. The molecule has 24 heavy (non-hydrogen) atoms. The van der Waals surface area contributed by atoms with Gasteiger partial charge in [0.15, 0.2) is 0 Å². The minimum atomic E-state index is -0.149. The SMILES string of the molecule is CCOc1cc2c(cc1CNC(=O)c1ccc(Cl)cc1)OC(C)C2. The number of fused-ring (bicyclic) bond motifs is 1. The molecule has 5 heteroatoms. The summed E-state index contributed by atoms with van der Waals surface area (Å²) in [4.78, 5) is 12.3. The van der Waals surface area contributed by atoms with Crippen LogP contribution in [-0.2, 0) is 13.0 Å². The van der Waals surface area contributed by atoms with Gasteiger partial charge in [-0.3, -0.25) is 4.79 Å². The number of carbonyl (C=O) groups is 1. The van der Waals surface area contributed by atoms with Gasteiger partial charge in [-0.1, -0.05) is 11.6 Å². The maximum Gasteiger partial charge on any atom is 0.251 e. The molecule has 0 radical (unpaired) electrons. The summed E-state index contributed by atoms with van der Waals surface area (Å²) < 4.78 is 11.5. The minimum Gasteiger partial charge on any atom is -0.494 e. The molecule has 2 aromatic rings. The van der Waals surface area contributed by atoms with E-state index in [1.165, 1.54) is 0 Å². The monoisotopic (exact) mass is 345 g/mol. The molecule has 0 bridgehead atoms. The van der Waals surface area contributed by atoms with Gasteiger partial charge in [-0.15, -0.1) is 0 Å². The van der Waals surface area contributed by atoms with E-state index in [9.17, 15) is 4.79 Å². The Morgan fingerprint density at radius 3 is 2.79 bits per heavy atom. The van der Waals surface area contributed by atoms with Crippen LogP contribution in [0.2, 0.25) is 5.02 Å². The molecule has 0 spiro atoms. The molecule has 3 rings (SSSR count). The van der Waals surface area contributed by atoms with Crippen LogP contribution in [0.5, 0.6) is 11.5 Å². The van der Waals surface area contributed by atoms with Crippen LogP contribution in [0.3, 0.4) is 0 Å². The summed E-state index contributed by atoms with van der Waals surface area (Å²) in [6.45, 7) is 4.94. The molecule has 0 saturated heterocycles. The lowest BCUT2D eigenvalue weighted by Crippen LogP contribution is -2.23. The Bertz CT molecular complexity index is 743. The van der Waals surface area contributed by atoms with E-state index in [1.807, 2.05) is 26.0 Å². The normalized spacial score (nSPS) is 15.5. The summed E-state index contributed by atoms with van der Waals surface area (Å²) in [5.41, 5.74) is 2.63. The first kappa shape index (κ1) is 16.7. The van der Waals surface area contributed by atoms with Gasteiger partial charge in [0.1, 0.15) is 17.6 Å². The molecular weight excluding hydrogens is 326 g/mol. The fraction of sp³-hybridized carbons (Fsp3) is 0.316. The number of hydrogen-bond acceptors (Lipinski definition) is 3. The molecule has 126 valence electrons. The lowest BCUT2D eigenvalue weighted by molar-refractivity contribution is 0.0950. The molecule has 4 nitrogen and oxygen atoms in total. The standard InChI is InChI=1S/C19H20ClNO3/c1-3-23-17-9-14-8-12(2)24-18(14)10-15(17)11-21-19(22)13-4-6-16(20)7-5-13/h4-7,9-10,12H,3,8,11H2,1-2H3,(H,21,22). The van der Waals surface area contributed by atoms with Crippen LogP contribution in [-0.4, -0.2) is 18.6 Å². The topological polar surface area (TPSA) is 47.6 Å². The molecule has 1 aliphatic heterocycles. The van der Waals surface area contributed by atoms with E-state index in [1.54, 1.807) is 24.3 Å². The van der Waals surface area contributed by atoms with E-state index >= 15 is 0 Å². The zero-order valence-electron chi connectivity index (χ0n) is 13.8. The molecule has 1 atom stereocenters. The molecule has 1 aliphatic rings. The first-order valence-corrected chi connectivity index (χ1v) is 8.43. The lowest BCUT2D eigenvalue weighted by atomic mass is 10.1. The predicted molar refractivity (Wildman–Crippen MR) is 94.0 cm³/mol. The zero-order valence-corrected chi connectivity index (χ0v) is 14.5. The number of hydrogen-bond donors (Lipinski definition) is 1. The molecule has 0 aromatic heterocycles. The Kier molecular flexibility index (Phi) is 4.95. The van der Waals surface area contributed by atoms with Crippen molar-refractivity contribution in [3.63, 3.8) is 0 Å². The average Bonchev–Trinajstić information content (AvgIpc) is 2.92. The highest BCUT2D eigenvalue weighted by Crippen LogP contribution is 2.35. The van der Waals surface area contributed by atoms with Gasteiger partial charge in [0, 0.05) is 34.7 Å².